The summed E-state index contributed by atoms with van der Waals surface area (Å²) in [6.07, 6.45) is 0.426. The molecule has 0 saturated heterocycles. The lowest BCUT2D eigenvalue weighted by Gasteiger charge is -2.20. The van der Waals surface area contributed by atoms with Gasteiger partial charge in [0, 0.05) is 12.1 Å². The van der Waals surface area contributed by atoms with Crippen LogP contribution >= 0.6 is 0 Å². The summed E-state index contributed by atoms with van der Waals surface area (Å²) >= 11 is 0. The SMILES string of the molecule is Cc1ccc(C[C@H](NC(=O)Cc2ccc(NS(C)(=O)=O)cc2)OB(O)O)c(C)c1. The summed E-state index contributed by atoms with van der Waals surface area (Å²) in [5.74, 6) is -0.371. The van der Waals surface area contributed by atoms with Gasteiger partial charge in [-0.1, -0.05) is 35.9 Å². The molecule has 1 amide bonds. The zero-order valence-corrected chi connectivity index (χ0v) is 17.4. The molecule has 0 bridgehead atoms. The summed E-state index contributed by atoms with van der Waals surface area (Å²) in [7, 11) is -5.39. The number of amides is 1. The molecule has 0 heterocycles. The van der Waals surface area contributed by atoms with Crippen molar-refractivity contribution >= 4 is 28.9 Å². The fraction of sp³-hybridized carbons (Fsp3) is 0.316. The number of sulfonamides is 1. The van der Waals surface area contributed by atoms with Crippen LogP contribution in [-0.2, 0) is 32.3 Å². The van der Waals surface area contributed by atoms with E-state index in [0.717, 1.165) is 22.9 Å². The van der Waals surface area contributed by atoms with E-state index in [2.05, 4.69) is 10.0 Å². The molecule has 1 atom stereocenters. The average molecular weight is 420 g/mol. The van der Waals surface area contributed by atoms with E-state index in [1.807, 2.05) is 32.0 Å². The van der Waals surface area contributed by atoms with Gasteiger partial charge in [-0.25, -0.2) is 8.42 Å². The zero-order valence-electron chi connectivity index (χ0n) is 16.5. The number of rotatable bonds is 9. The molecule has 29 heavy (non-hydrogen) atoms. The van der Waals surface area contributed by atoms with Crippen LogP contribution in [0.2, 0.25) is 0 Å². The largest absolute Gasteiger partial charge is 0.635 e. The molecule has 0 radical (unpaired) electrons. The van der Waals surface area contributed by atoms with Gasteiger partial charge in [0.2, 0.25) is 15.9 Å². The zero-order chi connectivity index (χ0) is 21.6. The second-order valence-electron chi connectivity index (χ2n) is 6.90. The van der Waals surface area contributed by atoms with E-state index in [1.54, 1.807) is 24.3 Å². The molecule has 4 N–H and O–H groups in total. The molecule has 2 aromatic rings. The molecule has 0 unspecified atom stereocenters. The van der Waals surface area contributed by atoms with Gasteiger partial charge in [0.1, 0.15) is 6.23 Å². The second kappa shape index (κ2) is 9.88. The van der Waals surface area contributed by atoms with Crippen LogP contribution in [0, 0.1) is 13.8 Å². The molecule has 0 aromatic heterocycles. The number of carbonyl (C=O) groups excluding carboxylic acids is 1. The summed E-state index contributed by atoms with van der Waals surface area (Å²) in [4.78, 5) is 12.4. The Labute approximate surface area is 171 Å². The second-order valence-corrected chi connectivity index (χ2v) is 8.65. The third-order valence-corrected chi connectivity index (χ3v) is 4.74. The van der Waals surface area contributed by atoms with Crippen molar-refractivity contribution in [3.63, 3.8) is 0 Å². The summed E-state index contributed by atoms with van der Waals surface area (Å²) in [5, 5.41) is 21.0. The van der Waals surface area contributed by atoms with Crippen LogP contribution in [-0.4, -0.2) is 44.2 Å². The van der Waals surface area contributed by atoms with Crippen LogP contribution in [0.1, 0.15) is 22.3 Å². The standard InChI is InChI=1S/C19H25BN2O6S/c1-13-4-7-16(14(2)10-13)12-19(28-20(24)25)21-18(23)11-15-5-8-17(9-6-15)22-29(3,26)27/h4-10,19,22,24-25H,11-12H2,1-3H3,(H,21,23)/t19-/m1/s1. The molecule has 8 nitrogen and oxygen atoms in total. The monoisotopic (exact) mass is 420 g/mol. The highest BCUT2D eigenvalue weighted by molar-refractivity contribution is 7.92. The molecule has 2 rings (SSSR count). The van der Waals surface area contributed by atoms with Gasteiger partial charge in [0.15, 0.2) is 0 Å². The Morgan fingerprint density at radius 3 is 2.34 bits per heavy atom. The summed E-state index contributed by atoms with van der Waals surface area (Å²) < 4.78 is 29.8. The van der Waals surface area contributed by atoms with Crippen LogP contribution in [0.4, 0.5) is 5.69 Å². The van der Waals surface area contributed by atoms with Gasteiger partial charge in [-0.05, 0) is 42.7 Å². The van der Waals surface area contributed by atoms with Crippen molar-refractivity contribution < 1.29 is 27.9 Å². The van der Waals surface area contributed by atoms with Crippen LogP contribution in [0.25, 0.3) is 0 Å². The van der Waals surface area contributed by atoms with Crippen LogP contribution < -0.4 is 10.0 Å². The third kappa shape index (κ3) is 8.24. The summed E-state index contributed by atoms with van der Waals surface area (Å²) in [6.45, 7) is 3.91. The number of aryl methyl sites for hydroxylation is 2. The first kappa shape index (κ1) is 22.9. The van der Waals surface area contributed by atoms with Crippen molar-refractivity contribution in [3.05, 3.63) is 64.7 Å². The Bertz CT molecular complexity index is 948. The predicted molar refractivity (Wildman–Crippen MR) is 111 cm³/mol. The van der Waals surface area contributed by atoms with Crippen molar-refractivity contribution in [3.8, 4) is 0 Å². The van der Waals surface area contributed by atoms with Crippen LogP contribution in [0.15, 0.2) is 42.5 Å². The molecule has 0 fully saturated rings. The van der Waals surface area contributed by atoms with Gasteiger partial charge in [-0.15, -0.1) is 0 Å². The average Bonchev–Trinajstić information content (AvgIpc) is 2.57. The van der Waals surface area contributed by atoms with E-state index in [1.165, 1.54) is 0 Å². The topological polar surface area (TPSA) is 125 Å². The van der Waals surface area contributed by atoms with Gasteiger partial charge in [0.25, 0.3) is 0 Å². The highest BCUT2D eigenvalue weighted by Crippen LogP contribution is 2.14. The number of benzene rings is 2. The molecule has 0 saturated carbocycles. The van der Waals surface area contributed by atoms with E-state index in [-0.39, 0.29) is 18.7 Å². The number of nitrogens with one attached hydrogen (secondary N) is 2. The Kier molecular flexibility index (Phi) is 7.80. The first-order valence-corrected chi connectivity index (χ1v) is 10.8. The minimum absolute atomic E-state index is 0.0212. The maximum atomic E-state index is 12.4. The molecule has 156 valence electrons. The highest BCUT2D eigenvalue weighted by Gasteiger charge is 2.21. The highest BCUT2D eigenvalue weighted by atomic mass is 32.2. The van der Waals surface area contributed by atoms with Gasteiger partial charge >= 0.3 is 7.32 Å². The van der Waals surface area contributed by atoms with Crippen LogP contribution in [0.3, 0.4) is 0 Å². The normalized spacial score (nSPS) is 12.3. The molecular formula is C19H25BN2O6S. The Hall–Kier alpha value is -2.40. The number of hydrogen-bond acceptors (Lipinski definition) is 6. The molecule has 2 aromatic carbocycles. The molecule has 0 aliphatic carbocycles. The number of carbonyl (C=O) groups is 1. The van der Waals surface area contributed by atoms with Gasteiger partial charge in [-0.2, -0.15) is 0 Å². The maximum Gasteiger partial charge on any atom is 0.635 e. The number of anilines is 1. The van der Waals surface area contributed by atoms with E-state index in [0.29, 0.717) is 11.3 Å². The predicted octanol–water partition coefficient (Wildman–Crippen LogP) is 0.889. The van der Waals surface area contributed by atoms with E-state index in [4.69, 9.17) is 14.7 Å². The molecule has 0 aliphatic rings. The fourth-order valence-electron chi connectivity index (χ4n) is 2.88. The van der Waals surface area contributed by atoms with E-state index < -0.39 is 23.6 Å². The van der Waals surface area contributed by atoms with Crippen LogP contribution in [0.5, 0.6) is 0 Å². The molecule has 0 spiro atoms. The Morgan fingerprint density at radius 1 is 1.14 bits per heavy atom. The lowest BCUT2D eigenvalue weighted by Crippen LogP contribution is -2.43. The van der Waals surface area contributed by atoms with E-state index in [9.17, 15) is 13.2 Å². The maximum absolute atomic E-state index is 12.4. The lowest BCUT2D eigenvalue weighted by atomic mass is 10.0. The third-order valence-electron chi connectivity index (χ3n) is 4.13. The van der Waals surface area contributed by atoms with Crippen molar-refractivity contribution in [1.29, 1.82) is 0 Å². The smallest absolute Gasteiger partial charge is 0.402 e. The first-order valence-electron chi connectivity index (χ1n) is 8.95. The van der Waals surface area contributed by atoms with Gasteiger partial charge in [-0.3, -0.25) is 9.52 Å². The summed E-state index contributed by atoms with van der Waals surface area (Å²) in [5.41, 5.74) is 4.09. The van der Waals surface area contributed by atoms with Crippen molar-refractivity contribution in [2.45, 2.75) is 32.9 Å². The first-order chi connectivity index (χ1) is 13.5. The molecule has 10 heteroatoms. The fourth-order valence-corrected chi connectivity index (χ4v) is 3.44. The van der Waals surface area contributed by atoms with Crippen molar-refractivity contribution in [2.75, 3.05) is 11.0 Å². The minimum atomic E-state index is -3.37. The van der Waals surface area contributed by atoms with Crippen molar-refractivity contribution in [1.82, 2.24) is 5.32 Å². The van der Waals surface area contributed by atoms with Gasteiger partial charge in [0.05, 0.1) is 12.7 Å². The van der Waals surface area contributed by atoms with Gasteiger partial charge < -0.3 is 20.0 Å². The minimum Gasteiger partial charge on any atom is -0.402 e. The van der Waals surface area contributed by atoms with Crippen molar-refractivity contribution in [2.24, 2.45) is 0 Å². The lowest BCUT2D eigenvalue weighted by molar-refractivity contribution is -0.123. The quantitative estimate of drug-likeness (QED) is 0.353. The molecule has 0 aliphatic heterocycles. The van der Waals surface area contributed by atoms with E-state index >= 15 is 0 Å². The molecular weight excluding hydrogens is 395 g/mol. The Morgan fingerprint density at radius 2 is 1.79 bits per heavy atom. The Balaban J connectivity index is 2.02. The summed E-state index contributed by atoms with van der Waals surface area (Å²) in [6, 6.07) is 12.2. The number of hydrogen-bond donors (Lipinski definition) is 4.